The first-order valence-electron chi connectivity index (χ1n) is 38.0. The lowest BCUT2D eigenvalue weighted by Gasteiger charge is -2.21. The van der Waals surface area contributed by atoms with Crippen LogP contribution in [-0.4, -0.2) is 96.7 Å². The van der Waals surface area contributed by atoms with Crippen molar-refractivity contribution in [3.63, 3.8) is 0 Å². The fraction of sp³-hybridized carbons (Fsp3) is 0.945. The van der Waals surface area contributed by atoms with Crippen LogP contribution >= 0.6 is 15.6 Å². The molecule has 0 amide bonds. The molecule has 0 aliphatic carbocycles. The number of phosphoric acid groups is 2. The van der Waals surface area contributed by atoms with E-state index in [4.69, 9.17) is 37.0 Å². The number of esters is 4. The minimum Gasteiger partial charge on any atom is -0.462 e. The third-order valence-corrected chi connectivity index (χ3v) is 19.2. The maximum Gasteiger partial charge on any atom is 0.472 e. The van der Waals surface area contributed by atoms with Crippen molar-refractivity contribution in [2.75, 3.05) is 39.6 Å². The van der Waals surface area contributed by atoms with Crippen LogP contribution in [0.5, 0.6) is 0 Å². The summed E-state index contributed by atoms with van der Waals surface area (Å²) < 4.78 is 68.3. The van der Waals surface area contributed by atoms with Crippen molar-refractivity contribution in [1.29, 1.82) is 0 Å². The number of rotatable bonds is 72. The Labute approximate surface area is 562 Å². The summed E-state index contributed by atoms with van der Waals surface area (Å²) in [5, 5.41) is 10.6. The lowest BCUT2D eigenvalue weighted by molar-refractivity contribution is -0.161. The molecule has 0 rings (SSSR count). The summed E-state index contributed by atoms with van der Waals surface area (Å²) >= 11 is 0. The molecule has 0 aliphatic rings. The van der Waals surface area contributed by atoms with Gasteiger partial charge in [-0.25, -0.2) is 9.13 Å². The van der Waals surface area contributed by atoms with Gasteiger partial charge in [-0.2, -0.15) is 0 Å². The number of hydrogen-bond acceptors (Lipinski definition) is 15. The molecule has 17 nitrogen and oxygen atoms in total. The second-order valence-electron chi connectivity index (χ2n) is 27.1. The van der Waals surface area contributed by atoms with E-state index in [1.54, 1.807) is 0 Å². The molecule has 3 unspecified atom stereocenters. The topological polar surface area (TPSA) is 237 Å². The SMILES string of the molecule is CCCCCCCCCCCCCCCCCCCCCCC(=O)O[C@H](COC(=O)CCCCCCCCCCCCCC)COP(=O)(O)OC[C@@H](O)COP(=O)(O)OC[C@@H](COC(=O)CCCCCCCCC(C)CC)OC(=O)CCCCCCCCCC(C)C. The predicted molar refractivity (Wildman–Crippen MR) is 372 cm³/mol. The Morgan fingerprint density at radius 3 is 0.826 bits per heavy atom. The minimum atomic E-state index is -4.95. The highest BCUT2D eigenvalue weighted by atomic mass is 31.2. The second-order valence-corrected chi connectivity index (χ2v) is 30.0. The van der Waals surface area contributed by atoms with Crippen molar-refractivity contribution in [2.45, 2.75) is 394 Å². The van der Waals surface area contributed by atoms with Gasteiger partial charge in [0.15, 0.2) is 12.2 Å². The molecule has 19 heteroatoms. The molecule has 546 valence electrons. The normalized spacial score (nSPS) is 14.4. The lowest BCUT2D eigenvalue weighted by Crippen LogP contribution is -2.30. The number of ether oxygens (including phenoxy) is 4. The lowest BCUT2D eigenvalue weighted by atomic mass is 10.00. The number of phosphoric ester groups is 2. The minimum absolute atomic E-state index is 0.103. The Morgan fingerprint density at radius 2 is 0.554 bits per heavy atom. The van der Waals surface area contributed by atoms with Gasteiger partial charge >= 0.3 is 39.5 Å². The van der Waals surface area contributed by atoms with Gasteiger partial charge in [-0.05, 0) is 37.5 Å². The number of aliphatic hydroxyl groups excluding tert-OH is 1. The molecule has 0 fully saturated rings. The Bertz CT molecular complexity index is 1790. The van der Waals surface area contributed by atoms with Crippen LogP contribution in [0.2, 0.25) is 0 Å². The smallest absolute Gasteiger partial charge is 0.462 e. The van der Waals surface area contributed by atoms with Crippen LogP contribution in [-0.2, 0) is 65.4 Å². The van der Waals surface area contributed by atoms with Gasteiger partial charge in [0.1, 0.15) is 19.3 Å². The molecule has 0 saturated heterocycles. The first-order valence-corrected chi connectivity index (χ1v) is 41.0. The van der Waals surface area contributed by atoms with Gasteiger partial charge in [0.2, 0.25) is 0 Å². The van der Waals surface area contributed by atoms with E-state index < -0.39 is 97.5 Å². The standard InChI is InChI=1S/C73H142O17P2/c1-7-10-12-14-16-18-20-22-23-24-25-26-27-28-29-31-33-37-45-51-57-72(77)89-68(61-83-70(75)55-49-43-36-32-30-21-19-17-15-13-11-8-2)63-87-91(79,80)85-59-67(74)60-86-92(81,82)88-64-69(90-73(78)58-52-46-38-34-35-41-47-53-65(4)5)62-84-71(76)56-50-44-40-39-42-48-54-66(6)9-3/h65-69,74H,7-64H2,1-6H3,(H,79,80)(H,81,82)/t66?,67-,68-,69-/m1/s1. The predicted octanol–water partition coefficient (Wildman–Crippen LogP) is 21.2. The van der Waals surface area contributed by atoms with Crippen LogP contribution in [0.3, 0.4) is 0 Å². The van der Waals surface area contributed by atoms with E-state index in [2.05, 4.69) is 41.5 Å². The van der Waals surface area contributed by atoms with Crippen molar-refractivity contribution in [3.8, 4) is 0 Å². The van der Waals surface area contributed by atoms with Crippen LogP contribution in [0.4, 0.5) is 0 Å². The summed E-state index contributed by atoms with van der Waals surface area (Å²) in [5.41, 5.74) is 0. The van der Waals surface area contributed by atoms with Crippen molar-refractivity contribution < 1.29 is 80.2 Å². The molecule has 0 saturated carbocycles. The van der Waals surface area contributed by atoms with Crippen molar-refractivity contribution in [2.24, 2.45) is 11.8 Å². The molecule has 0 aliphatic heterocycles. The molecule has 92 heavy (non-hydrogen) atoms. The number of unbranched alkanes of at least 4 members (excludes halogenated alkanes) is 41. The van der Waals surface area contributed by atoms with E-state index >= 15 is 0 Å². The highest BCUT2D eigenvalue weighted by Gasteiger charge is 2.30. The van der Waals surface area contributed by atoms with Gasteiger partial charge in [0, 0.05) is 25.7 Å². The zero-order chi connectivity index (χ0) is 67.9. The zero-order valence-corrected chi connectivity index (χ0v) is 61.6. The molecular weight excluding hydrogens is 1210 g/mol. The van der Waals surface area contributed by atoms with Gasteiger partial charge < -0.3 is 33.8 Å². The van der Waals surface area contributed by atoms with E-state index in [9.17, 15) is 43.2 Å². The number of hydrogen-bond donors (Lipinski definition) is 3. The van der Waals surface area contributed by atoms with Gasteiger partial charge in [0.25, 0.3) is 0 Å². The fourth-order valence-electron chi connectivity index (χ4n) is 11.1. The monoisotopic (exact) mass is 1350 g/mol. The molecule has 0 bridgehead atoms. The molecule has 0 aromatic heterocycles. The highest BCUT2D eigenvalue weighted by Crippen LogP contribution is 2.45. The van der Waals surface area contributed by atoms with E-state index in [1.807, 2.05) is 0 Å². The Kier molecular flexibility index (Phi) is 63.7. The zero-order valence-electron chi connectivity index (χ0n) is 59.9. The number of carbonyl (C=O) groups is 4. The summed E-state index contributed by atoms with van der Waals surface area (Å²) in [4.78, 5) is 72.6. The summed E-state index contributed by atoms with van der Waals surface area (Å²) in [7, 11) is -9.90. The van der Waals surface area contributed by atoms with E-state index in [0.29, 0.717) is 31.6 Å². The van der Waals surface area contributed by atoms with E-state index in [1.165, 1.54) is 186 Å². The summed E-state index contributed by atoms with van der Waals surface area (Å²) in [6.07, 6.45) is 51.6. The maximum atomic E-state index is 13.0. The molecule has 0 radical (unpaired) electrons. The van der Waals surface area contributed by atoms with Crippen LogP contribution in [0, 0.1) is 11.8 Å². The van der Waals surface area contributed by atoms with Crippen molar-refractivity contribution in [3.05, 3.63) is 0 Å². The maximum absolute atomic E-state index is 13.0. The van der Waals surface area contributed by atoms with Gasteiger partial charge in [-0.3, -0.25) is 37.3 Å². The summed E-state index contributed by atoms with van der Waals surface area (Å²) in [6.45, 7) is 9.46. The molecular formula is C73H142O17P2. The highest BCUT2D eigenvalue weighted by molar-refractivity contribution is 7.47. The van der Waals surface area contributed by atoms with Crippen LogP contribution in [0.15, 0.2) is 0 Å². The summed E-state index contributed by atoms with van der Waals surface area (Å²) in [6, 6.07) is 0. The molecule has 0 spiro atoms. The van der Waals surface area contributed by atoms with Crippen molar-refractivity contribution >= 4 is 39.5 Å². The fourth-order valence-corrected chi connectivity index (χ4v) is 12.7. The average molecular weight is 1350 g/mol. The third kappa shape index (κ3) is 65.4. The van der Waals surface area contributed by atoms with Gasteiger partial charge in [-0.15, -0.1) is 0 Å². The van der Waals surface area contributed by atoms with Gasteiger partial charge in [-0.1, -0.05) is 324 Å². The van der Waals surface area contributed by atoms with Gasteiger partial charge in [0.05, 0.1) is 26.4 Å². The third-order valence-electron chi connectivity index (χ3n) is 17.3. The summed E-state index contributed by atoms with van der Waals surface area (Å²) in [5.74, 6) is -0.697. The van der Waals surface area contributed by atoms with Crippen LogP contribution < -0.4 is 0 Å². The van der Waals surface area contributed by atoms with E-state index in [0.717, 1.165) is 102 Å². The van der Waals surface area contributed by atoms with Crippen LogP contribution in [0.25, 0.3) is 0 Å². The van der Waals surface area contributed by atoms with Crippen molar-refractivity contribution in [1.82, 2.24) is 0 Å². The quantitative estimate of drug-likeness (QED) is 0.0222. The number of aliphatic hydroxyl groups is 1. The molecule has 6 atom stereocenters. The Balaban J connectivity index is 5.19. The average Bonchev–Trinajstić information content (AvgIpc) is 1.54. The first kappa shape index (κ1) is 90.1. The Hall–Kier alpha value is -1.94. The molecule has 0 aromatic rings. The second kappa shape index (κ2) is 65.0. The largest absolute Gasteiger partial charge is 0.472 e. The number of carbonyl (C=O) groups excluding carboxylic acids is 4. The molecule has 0 heterocycles. The Morgan fingerprint density at radius 1 is 0.315 bits per heavy atom. The van der Waals surface area contributed by atoms with Crippen LogP contribution in [0.1, 0.15) is 375 Å². The molecule has 0 aromatic carbocycles. The first-order chi connectivity index (χ1) is 44.4. The molecule has 3 N–H and O–H groups in total. The van der Waals surface area contributed by atoms with E-state index in [-0.39, 0.29) is 25.7 Å².